The summed E-state index contributed by atoms with van der Waals surface area (Å²) in [6.45, 7) is 7.78. The van der Waals surface area contributed by atoms with Gasteiger partial charge >= 0.3 is 0 Å². The molecular formula is C17H23N3O. The molecule has 0 amide bonds. The molecule has 2 aromatic rings. The van der Waals surface area contributed by atoms with Crippen molar-refractivity contribution < 1.29 is 4.74 Å². The van der Waals surface area contributed by atoms with Gasteiger partial charge in [-0.2, -0.15) is 0 Å². The van der Waals surface area contributed by atoms with E-state index in [1.54, 1.807) is 0 Å². The van der Waals surface area contributed by atoms with Gasteiger partial charge in [0.25, 0.3) is 0 Å². The van der Waals surface area contributed by atoms with Gasteiger partial charge in [0, 0.05) is 12.4 Å². The summed E-state index contributed by atoms with van der Waals surface area (Å²) in [4.78, 5) is 8.88. The number of nitrogens with zero attached hydrogens (tertiary/aromatic N) is 2. The van der Waals surface area contributed by atoms with Crippen LogP contribution in [0.4, 0.5) is 0 Å². The Labute approximate surface area is 126 Å². The molecule has 1 aromatic heterocycles. The molecule has 0 saturated carbocycles. The van der Waals surface area contributed by atoms with E-state index in [9.17, 15) is 0 Å². The number of nitrogens with one attached hydrogen (secondary N) is 1. The van der Waals surface area contributed by atoms with Gasteiger partial charge in [-0.25, -0.2) is 9.97 Å². The van der Waals surface area contributed by atoms with Crippen molar-refractivity contribution in [3.8, 4) is 5.75 Å². The first-order valence-electron chi connectivity index (χ1n) is 7.49. The third kappa shape index (κ3) is 4.26. The van der Waals surface area contributed by atoms with Crippen LogP contribution in [0.2, 0.25) is 0 Å². The monoisotopic (exact) mass is 285 g/mol. The van der Waals surface area contributed by atoms with E-state index >= 15 is 0 Å². The van der Waals surface area contributed by atoms with Gasteiger partial charge in [-0.1, -0.05) is 26.0 Å². The molecule has 1 atom stereocenters. The second kappa shape index (κ2) is 7.74. The Hall–Kier alpha value is -1.94. The Bertz CT molecular complexity index is 537. The van der Waals surface area contributed by atoms with Crippen LogP contribution in [-0.2, 0) is 0 Å². The van der Waals surface area contributed by atoms with Crippen molar-refractivity contribution in [2.75, 3.05) is 13.2 Å². The van der Waals surface area contributed by atoms with E-state index in [-0.39, 0.29) is 6.04 Å². The molecule has 4 nitrogen and oxygen atoms in total. The van der Waals surface area contributed by atoms with Crippen molar-refractivity contribution >= 4 is 0 Å². The Kier molecular flexibility index (Phi) is 5.69. The van der Waals surface area contributed by atoms with Crippen molar-refractivity contribution in [1.29, 1.82) is 0 Å². The molecular weight excluding hydrogens is 262 g/mol. The van der Waals surface area contributed by atoms with Crippen LogP contribution in [0.3, 0.4) is 0 Å². The molecule has 0 bridgehead atoms. The van der Waals surface area contributed by atoms with Gasteiger partial charge < -0.3 is 10.1 Å². The maximum absolute atomic E-state index is 5.62. The summed E-state index contributed by atoms with van der Waals surface area (Å²) in [5.41, 5.74) is 2.21. The Balaban J connectivity index is 2.19. The molecule has 21 heavy (non-hydrogen) atoms. The number of hydrogen-bond donors (Lipinski definition) is 1. The Morgan fingerprint density at radius 3 is 2.33 bits per heavy atom. The van der Waals surface area contributed by atoms with Crippen LogP contribution >= 0.6 is 0 Å². The fourth-order valence-electron chi connectivity index (χ4n) is 2.09. The Morgan fingerprint density at radius 1 is 1.10 bits per heavy atom. The van der Waals surface area contributed by atoms with E-state index in [1.807, 2.05) is 31.5 Å². The predicted octanol–water partition coefficient (Wildman–Crippen LogP) is 3.27. The quantitative estimate of drug-likeness (QED) is 0.848. The first kappa shape index (κ1) is 15.4. The van der Waals surface area contributed by atoms with Gasteiger partial charge in [0.2, 0.25) is 0 Å². The molecule has 0 radical (unpaired) electrons. The number of hydrogen-bond acceptors (Lipinski definition) is 4. The van der Waals surface area contributed by atoms with Crippen LogP contribution < -0.4 is 10.1 Å². The lowest BCUT2D eigenvalue weighted by atomic mass is 10.1. The fraction of sp³-hybridized carbons (Fsp3) is 0.412. The minimum absolute atomic E-state index is 0.0100. The van der Waals surface area contributed by atoms with Crippen LogP contribution in [0.5, 0.6) is 5.75 Å². The van der Waals surface area contributed by atoms with Crippen molar-refractivity contribution in [2.24, 2.45) is 0 Å². The molecule has 0 saturated heterocycles. The molecule has 0 fully saturated rings. The van der Waals surface area contributed by atoms with Crippen LogP contribution in [-0.4, -0.2) is 23.1 Å². The number of ether oxygens (including phenoxy) is 1. The zero-order chi connectivity index (χ0) is 15.1. The zero-order valence-corrected chi connectivity index (χ0v) is 13.0. The van der Waals surface area contributed by atoms with Crippen LogP contribution in [0.15, 0.2) is 36.7 Å². The van der Waals surface area contributed by atoms with E-state index in [2.05, 4.69) is 41.3 Å². The van der Waals surface area contributed by atoms with Gasteiger partial charge in [0.05, 0.1) is 12.6 Å². The third-order valence-electron chi connectivity index (χ3n) is 3.15. The van der Waals surface area contributed by atoms with Crippen molar-refractivity contribution in [2.45, 2.75) is 33.2 Å². The van der Waals surface area contributed by atoms with E-state index in [1.165, 1.54) is 0 Å². The predicted molar refractivity (Wildman–Crippen MR) is 84.5 cm³/mol. The molecule has 2 rings (SSSR count). The lowest BCUT2D eigenvalue weighted by Crippen LogP contribution is -2.24. The third-order valence-corrected chi connectivity index (χ3v) is 3.15. The summed E-state index contributed by atoms with van der Waals surface area (Å²) in [6, 6.07) is 8.16. The fourth-order valence-corrected chi connectivity index (χ4v) is 2.09. The molecule has 0 aliphatic heterocycles. The van der Waals surface area contributed by atoms with Crippen LogP contribution in [0, 0.1) is 6.92 Å². The topological polar surface area (TPSA) is 47.0 Å². The highest BCUT2D eigenvalue weighted by molar-refractivity contribution is 5.32. The smallest absolute Gasteiger partial charge is 0.149 e. The molecule has 1 N–H and O–H groups in total. The van der Waals surface area contributed by atoms with Crippen LogP contribution in [0.1, 0.15) is 43.3 Å². The SMILES string of the molecule is CCCOc1ccc(C(NCC)c2ncc(C)cn2)cc1. The highest BCUT2D eigenvalue weighted by Gasteiger charge is 2.15. The first-order chi connectivity index (χ1) is 10.2. The maximum Gasteiger partial charge on any atom is 0.149 e. The largest absolute Gasteiger partial charge is 0.494 e. The van der Waals surface area contributed by atoms with Crippen molar-refractivity contribution in [1.82, 2.24) is 15.3 Å². The molecule has 1 heterocycles. The van der Waals surface area contributed by atoms with Gasteiger partial charge in [-0.15, -0.1) is 0 Å². The molecule has 0 aliphatic carbocycles. The summed E-state index contributed by atoms with van der Waals surface area (Å²) >= 11 is 0. The average molecular weight is 285 g/mol. The van der Waals surface area contributed by atoms with Crippen molar-refractivity contribution in [3.05, 3.63) is 53.6 Å². The first-order valence-corrected chi connectivity index (χ1v) is 7.49. The highest BCUT2D eigenvalue weighted by atomic mass is 16.5. The summed E-state index contributed by atoms with van der Waals surface area (Å²) in [5.74, 6) is 1.70. The van der Waals surface area contributed by atoms with E-state index < -0.39 is 0 Å². The number of benzene rings is 1. The lowest BCUT2D eigenvalue weighted by molar-refractivity contribution is 0.317. The second-order valence-electron chi connectivity index (χ2n) is 5.03. The summed E-state index contributed by atoms with van der Waals surface area (Å²) in [5, 5.41) is 3.43. The molecule has 4 heteroatoms. The average Bonchev–Trinajstić information content (AvgIpc) is 2.52. The van der Waals surface area contributed by atoms with Gasteiger partial charge in [-0.3, -0.25) is 0 Å². The molecule has 0 aliphatic rings. The van der Waals surface area contributed by atoms with E-state index in [4.69, 9.17) is 4.74 Å². The molecule has 1 unspecified atom stereocenters. The van der Waals surface area contributed by atoms with Gasteiger partial charge in [-0.05, 0) is 43.1 Å². The van der Waals surface area contributed by atoms with Crippen molar-refractivity contribution in [3.63, 3.8) is 0 Å². The molecule has 1 aromatic carbocycles. The number of aryl methyl sites for hydroxylation is 1. The number of aromatic nitrogens is 2. The second-order valence-corrected chi connectivity index (χ2v) is 5.03. The normalized spacial score (nSPS) is 12.1. The summed E-state index contributed by atoms with van der Waals surface area (Å²) in [6.07, 6.45) is 4.72. The minimum atomic E-state index is 0.0100. The summed E-state index contributed by atoms with van der Waals surface area (Å²) in [7, 11) is 0. The maximum atomic E-state index is 5.62. The summed E-state index contributed by atoms with van der Waals surface area (Å²) < 4.78 is 5.62. The minimum Gasteiger partial charge on any atom is -0.494 e. The Morgan fingerprint density at radius 2 is 1.76 bits per heavy atom. The van der Waals surface area contributed by atoms with Crippen LogP contribution in [0.25, 0.3) is 0 Å². The van der Waals surface area contributed by atoms with E-state index in [0.717, 1.165) is 42.3 Å². The molecule has 112 valence electrons. The van der Waals surface area contributed by atoms with Gasteiger partial charge in [0.1, 0.15) is 11.6 Å². The number of rotatable bonds is 7. The molecule has 0 spiro atoms. The standard InChI is InChI=1S/C17H23N3O/c1-4-10-21-15-8-6-14(7-9-15)16(18-5-2)17-19-11-13(3)12-20-17/h6-9,11-12,16,18H,4-5,10H2,1-3H3. The zero-order valence-electron chi connectivity index (χ0n) is 13.0. The van der Waals surface area contributed by atoms with E-state index in [0.29, 0.717) is 0 Å². The highest BCUT2D eigenvalue weighted by Crippen LogP contribution is 2.22. The lowest BCUT2D eigenvalue weighted by Gasteiger charge is -2.17. The van der Waals surface area contributed by atoms with Gasteiger partial charge in [0.15, 0.2) is 0 Å².